The highest BCUT2D eigenvalue weighted by Crippen LogP contribution is 2.25. The average Bonchev–Trinajstić information content (AvgIpc) is 2.62. The molecule has 0 amide bonds. The van der Waals surface area contributed by atoms with Crippen LogP contribution in [0.3, 0.4) is 0 Å². The molecule has 0 saturated heterocycles. The number of nitrogens with one attached hydrogen (secondary N) is 1. The maximum absolute atomic E-state index is 5.48. The lowest BCUT2D eigenvalue weighted by atomic mass is 10.0. The number of rotatable bonds is 3. The molecule has 4 nitrogen and oxygen atoms in total. The van der Waals surface area contributed by atoms with Gasteiger partial charge in [-0.2, -0.15) is 4.98 Å². The minimum absolute atomic E-state index is 0.366. The van der Waals surface area contributed by atoms with E-state index in [1.807, 2.05) is 0 Å². The van der Waals surface area contributed by atoms with Crippen LogP contribution in [0, 0.1) is 20.8 Å². The van der Waals surface area contributed by atoms with Crippen LogP contribution in [0.25, 0.3) is 0 Å². The molecule has 0 bridgehead atoms. The van der Waals surface area contributed by atoms with Crippen molar-refractivity contribution in [1.82, 2.24) is 15.2 Å². The second kappa shape index (κ2) is 4.79. The van der Waals surface area contributed by atoms with E-state index in [1.54, 1.807) is 11.8 Å². The van der Waals surface area contributed by atoms with Crippen LogP contribution in [0.15, 0.2) is 17.3 Å². The standard InChI is InChI=1S/C12H16N4S/c1-7-4-8(2)10(9(3)5-7)6-17-12-14-11(13)15-16-12/h4-5H,6H2,1-3H3,(H3,13,14,15,16). The summed E-state index contributed by atoms with van der Waals surface area (Å²) in [6.07, 6.45) is 0. The zero-order valence-electron chi connectivity index (χ0n) is 10.2. The fourth-order valence-electron chi connectivity index (χ4n) is 1.90. The van der Waals surface area contributed by atoms with Crippen molar-refractivity contribution in [2.24, 2.45) is 0 Å². The lowest BCUT2D eigenvalue weighted by molar-refractivity contribution is 0.972. The number of nitrogen functional groups attached to an aromatic ring is 1. The van der Waals surface area contributed by atoms with E-state index in [1.165, 1.54) is 22.3 Å². The van der Waals surface area contributed by atoms with Gasteiger partial charge in [0.15, 0.2) is 0 Å². The predicted molar refractivity (Wildman–Crippen MR) is 71.0 cm³/mol. The Morgan fingerprint density at radius 1 is 1.24 bits per heavy atom. The lowest BCUT2D eigenvalue weighted by Crippen LogP contribution is -1.93. The van der Waals surface area contributed by atoms with E-state index < -0.39 is 0 Å². The summed E-state index contributed by atoms with van der Waals surface area (Å²) < 4.78 is 0. The highest BCUT2D eigenvalue weighted by Gasteiger charge is 2.07. The SMILES string of the molecule is Cc1cc(C)c(CSc2n[nH]c(N)n2)c(C)c1. The largest absolute Gasteiger partial charge is 0.368 e. The third-order valence-corrected chi connectivity index (χ3v) is 3.54. The molecule has 0 saturated carbocycles. The van der Waals surface area contributed by atoms with E-state index in [4.69, 9.17) is 5.73 Å². The monoisotopic (exact) mass is 248 g/mol. The van der Waals surface area contributed by atoms with Gasteiger partial charge < -0.3 is 5.73 Å². The molecule has 0 aliphatic heterocycles. The smallest absolute Gasteiger partial charge is 0.216 e. The number of hydrogen-bond donors (Lipinski definition) is 2. The Morgan fingerprint density at radius 3 is 2.41 bits per heavy atom. The molecular weight excluding hydrogens is 232 g/mol. The number of H-pyrrole nitrogens is 1. The zero-order chi connectivity index (χ0) is 12.4. The van der Waals surface area contributed by atoms with Crippen molar-refractivity contribution in [3.8, 4) is 0 Å². The zero-order valence-corrected chi connectivity index (χ0v) is 11.1. The minimum Gasteiger partial charge on any atom is -0.368 e. The van der Waals surface area contributed by atoms with Gasteiger partial charge in [0.05, 0.1) is 0 Å². The number of aromatic nitrogens is 3. The first-order valence-corrected chi connectivity index (χ1v) is 6.42. The van der Waals surface area contributed by atoms with Crippen LogP contribution in [0.5, 0.6) is 0 Å². The van der Waals surface area contributed by atoms with Gasteiger partial charge in [-0.1, -0.05) is 29.5 Å². The van der Waals surface area contributed by atoms with Crippen molar-refractivity contribution in [1.29, 1.82) is 0 Å². The first-order chi connectivity index (χ1) is 8.06. The van der Waals surface area contributed by atoms with Crippen molar-refractivity contribution in [3.63, 3.8) is 0 Å². The van der Waals surface area contributed by atoms with Crippen LogP contribution in [0.4, 0.5) is 5.95 Å². The fraction of sp³-hybridized carbons (Fsp3) is 0.333. The molecule has 90 valence electrons. The van der Waals surface area contributed by atoms with Crippen molar-refractivity contribution in [3.05, 3.63) is 34.4 Å². The molecule has 0 unspecified atom stereocenters. The topological polar surface area (TPSA) is 67.6 Å². The molecule has 0 aliphatic carbocycles. The Morgan fingerprint density at radius 2 is 1.88 bits per heavy atom. The van der Waals surface area contributed by atoms with Gasteiger partial charge in [0.25, 0.3) is 0 Å². The molecule has 5 heteroatoms. The van der Waals surface area contributed by atoms with Crippen molar-refractivity contribution >= 4 is 17.7 Å². The molecule has 0 spiro atoms. The summed E-state index contributed by atoms with van der Waals surface area (Å²) in [6, 6.07) is 4.41. The quantitative estimate of drug-likeness (QED) is 0.819. The molecule has 1 aromatic carbocycles. The van der Waals surface area contributed by atoms with Gasteiger partial charge >= 0.3 is 0 Å². The maximum atomic E-state index is 5.48. The van der Waals surface area contributed by atoms with Crippen LogP contribution in [0.1, 0.15) is 22.3 Å². The first kappa shape index (κ1) is 12.0. The number of anilines is 1. The Balaban J connectivity index is 2.14. The van der Waals surface area contributed by atoms with Gasteiger partial charge in [-0.3, -0.25) is 0 Å². The second-order valence-corrected chi connectivity index (χ2v) is 5.11. The summed E-state index contributed by atoms with van der Waals surface area (Å²) in [5.74, 6) is 1.24. The van der Waals surface area contributed by atoms with E-state index in [0.29, 0.717) is 11.1 Å². The number of aryl methyl sites for hydroxylation is 3. The van der Waals surface area contributed by atoms with Crippen molar-refractivity contribution < 1.29 is 0 Å². The van der Waals surface area contributed by atoms with Crippen LogP contribution in [-0.4, -0.2) is 15.2 Å². The van der Waals surface area contributed by atoms with E-state index >= 15 is 0 Å². The molecule has 1 heterocycles. The van der Waals surface area contributed by atoms with Crippen LogP contribution < -0.4 is 5.73 Å². The lowest BCUT2D eigenvalue weighted by Gasteiger charge is -2.09. The second-order valence-electron chi connectivity index (χ2n) is 4.17. The molecular formula is C12H16N4S. The highest BCUT2D eigenvalue weighted by molar-refractivity contribution is 7.98. The Bertz CT molecular complexity index is 510. The summed E-state index contributed by atoms with van der Waals surface area (Å²) >= 11 is 1.60. The number of hydrogen-bond acceptors (Lipinski definition) is 4. The first-order valence-electron chi connectivity index (χ1n) is 5.43. The van der Waals surface area contributed by atoms with Crippen LogP contribution >= 0.6 is 11.8 Å². The number of benzene rings is 1. The molecule has 2 rings (SSSR count). The number of aromatic amines is 1. The third-order valence-electron chi connectivity index (χ3n) is 2.67. The van der Waals surface area contributed by atoms with Crippen molar-refractivity contribution in [2.75, 3.05) is 5.73 Å². The van der Waals surface area contributed by atoms with Gasteiger partial charge in [-0.25, -0.2) is 5.10 Å². The Kier molecular flexibility index (Phi) is 3.38. The molecule has 17 heavy (non-hydrogen) atoms. The van der Waals surface area contributed by atoms with Gasteiger partial charge in [0.1, 0.15) is 0 Å². The summed E-state index contributed by atoms with van der Waals surface area (Å²) in [7, 11) is 0. The number of nitrogens with two attached hydrogens (primary N) is 1. The Labute approximate surface area is 105 Å². The Hall–Kier alpha value is -1.49. The van der Waals surface area contributed by atoms with Crippen LogP contribution in [0.2, 0.25) is 0 Å². The van der Waals surface area contributed by atoms with Crippen LogP contribution in [-0.2, 0) is 5.75 Å². The summed E-state index contributed by atoms with van der Waals surface area (Å²) in [4.78, 5) is 4.08. The van der Waals surface area contributed by atoms with E-state index in [-0.39, 0.29) is 0 Å². The fourth-order valence-corrected chi connectivity index (χ4v) is 2.90. The van der Waals surface area contributed by atoms with E-state index in [0.717, 1.165) is 5.75 Å². The molecule has 0 atom stereocenters. The highest BCUT2D eigenvalue weighted by atomic mass is 32.2. The molecule has 3 N–H and O–H groups in total. The molecule has 0 radical (unpaired) electrons. The van der Waals surface area contributed by atoms with Gasteiger partial charge in [-0.15, -0.1) is 5.10 Å². The number of thioether (sulfide) groups is 1. The molecule has 0 fully saturated rings. The third kappa shape index (κ3) is 2.79. The summed E-state index contributed by atoms with van der Waals surface area (Å²) in [5.41, 5.74) is 10.8. The van der Waals surface area contributed by atoms with Gasteiger partial charge in [-0.05, 0) is 37.5 Å². The van der Waals surface area contributed by atoms with Gasteiger partial charge in [0.2, 0.25) is 11.1 Å². The summed E-state index contributed by atoms with van der Waals surface area (Å²) in [5, 5.41) is 7.34. The molecule has 2 aromatic rings. The van der Waals surface area contributed by atoms with E-state index in [9.17, 15) is 0 Å². The van der Waals surface area contributed by atoms with Gasteiger partial charge in [0, 0.05) is 5.75 Å². The summed E-state index contributed by atoms with van der Waals surface area (Å²) in [6.45, 7) is 6.40. The molecule has 1 aromatic heterocycles. The van der Waals surface area contributed by atoms with Crippen molar-refractivity contribution in [2.45, 2.75) is 31.7 Å². The van der Waals surface area contributed by atoms with E-state index in [2.05, 4.69) is 48.1 Å². The number of nitrogens with zero attached hydrogens (tertiary/aromatic N) is 2. The minimum atomic E-state index is 0.366. The predicted octanol–water partition coefficient (Wildman–Crippen LogP) is 2.60. The average molecular weight is 248 g/mol. The normalized spacial score (nSPS) is 10.8. The molecule has 0 aliphatic rings. The maximum Gasteiger partial charge on any atom is 0.216 e.